The molecule has 1 aromatic carbocycles. The quantitative estimate of drug-likeness (QED) is 0.104. The minimum atomic E-state index is -0.929. The van der Waals surface area contributed by atoms with Crippen LogP contribution in [0.15, 0.2) is 88.6 Å². The number of hydrogen-bond donors (Lipinski definition) is 4. The van der Waals surface area contributed by atoms with E-state index in [0.29, 0.717) is 74.9 Å². The predicted octanol–water partition coefficient (Wildman–Crippen LogP) is 5.03. The maximum absolute atomic E-state index is 15.6. The molecule has 3 aliphatic heterocycles. The van der Waals surface area contributed by atoms with Crippen molar-refractivity contribution in [3.8, 4) is 0 Å². The van der Waals surface area contributed by atoms with Crippen molar-refractivity contribution in [3.63, 3.8) is 0 Å². The van der Waals surface area contributed by atoms with Crippen molar-refractivity contribution in [1.29, 1.82) is 0 Å². The summed E-state index contributed by atoms with van der Waals surface area (Å²) in [6.45, 7) is 12.8. The van der Waals surface area contributed by atoms with E-state index in [4.69, 9.17) is 0 Å². The number of carbonyl (C=O) groups is 4. The van der Waals surface area contributed by atoms with Gasteiger partial charge in [0.2, 0.25) is 30.0 Å². The predicted molar refractivity (Wildman–Crippen MR) is 253 cm³/mol. The fourth-order valence-electron chi connectivity index (χ4n) is 8.39. The van der Waals surface area contributed by atoms with Crippen LogP contribution >= 0.6 is 12.1 Å². The Morgan fingerprint density at radius 2 is 1.80 bits per heavy atom. The number of piperazine rings is 1. The molecule has 66 heavy (non-hydrogen) atoms. The monoisotopic (exact) mass is 925 g/mol. The summed E-state index contributed by atoms with van der Waals surface area (Å²) >= 11 is 1.17. The van der Waals surface area contributed by atoms with Crippen molar-refractivity contribution in [2.45, 2.75) is 64.3 Å². The molecular formula is C46H57F2N13O4S. The first kappa shape index (κ1) is 47.7. The summed E-state index contributed by atoms with van der Waals surface area (Å²) in [7, 11) is 3.68. The number of piperidine rings is 1. The van der Waals surface area contributed by atoms with Crippen LogP contribution in [0.25, 0.3) is 16.5 Å². The van der Waals surface area contributed by atoms with Crippen LogP contribution in [0.4, 0.5) is 20.4 Å². The third-order valence-corrected chi connectivity index (χ3v) is 13.2. The van der Waals surface area contributed by atoms with Gasteiger partial charge in [-0.1, -0.05) is 26.8 Å². The lowest BCUT2D eigenvalue weighted by Crippen LogP contribution is -2.52. The van der Waals surface area contributed by atoms with Gasteiger partial charge in [-0.05, 0) is 62.6 Å². The SMILES string of the molecule is C=C1/C=C(c2cnc(N3CCN(C(=O)CN4CCC(Nc5ccc6c(C(CCC)C(=O)NC=O)nn(C)c6c5)CC4)CC3)nc2)\C=N/N/C=C\1C(=O)C1=C(F)CCC(NSN(C)CC)=C1F. The normalized spacial score (nSPS) is 20.2. The molecule has 0 bridgehead atoms. The smallest absolute Gasteiger partial charge is 0.236 e. The van der Waals surface area contributed by atoms with Crippen molar-refractivity contribution in [2.75, 3.05) is 69.6 Å². The first-order valence-electron chi connectivity index (χ1n) is 22.3. The summed E-state index contributed by atoms with van der Waals surface area (Å²) in [4.78, 5) is 66.0. The van der Waals surface area contributed by atoms with Gasteiger partial charge in [0.1, 0.15) is 5.83 Å². The minimum Gasteiger partial charge on any atom is -0.382 e. The Balaban J connectivity index is 0.883. The zero-order valence-corrected chi connectivity index (χ0v) is 38.6. The first-order chi connectivity index (χ1) is 31.9. The highest BCUT2D eigenvalue weighted by Crippen LogP contribution is 2.36. The second-order valence-corrected chi connectivity index (χ2v) is 17.7. The number of imide groups is 1. The molecule has 0 spiro atoms. The maximum atomic E-state index is 15.6. The molecular weight excluding hydrogens is 869 g/mol. The van der Waals surface area contributed by atoms with E-state index in [0.717, 1.165) is 48.9 Å². The number of carbonyl (C=O) groups excluding carboxylic acids is 4. The summed E-state index contributed by atoms with van der Waals surface area (Å²) in [5.74, 6) is -2.86. The summed E-state index contributed by atoms with van der Waals surface area (Å²) in [5, 5.41) is 15.7. The molecule has 4 N–H and O–H groups in total. The molecule has 20 heteroatoms. The van der Waals surface area contributed by atoms with Crippen LogP contribution in [0.1, 0.15) is 69.5 Å². The molecule has 2 fully saturated rings. The third kappa shape index (κ3) is 11.0. The lowest BCUT2D eigenvalue weighted by atomic mass is 9.91. The summed E-state index contributed by atoms with van der Waals surface area (Å²) in [6.07, 6.45) is 11.2. The van der Waals surface area contributed by atoms with Crippen molar-refractivity contribution in [1.82, 2.24) is 49.3 Å². The van der Waals surface area contributed by atoms with Crippen molar-refractivity contribution >= 4 is 70.5 Å². The Morgan fingerprint density at radius 1 is 1.06 bits per heavy atom. The van der Waals surface area contributed by atoms with Crippen LogP contribution in [0, 0.1) is 0 Å². The standard InChI is InChI=1S/C46H57F2N13O4S/c1-6-8-35(45(65)51-28-62)43-34-10-9-33(22-39(34)58(5)55-43)54-32-13-15-59(16-14-32)27-40(63)60-17-19-61(20-18-60)46-49-23-31(24-50-46)30-21-29(3)36(26-53-52-25-30)44(64)41-37(47)11-12-38(42(41)48)56-66-57(4)7-2/h9-10,21-26,28,32,35,53-54,56H,3,6-8,11-20,27H2,1-2,4-5H3,(H,51,62,65)/b30-21+,36-26+,52-25-. The average Bonchev–Trinajstić information content (AvgIpc) is 3.64. The van der Waals surface area contributed by atoms with Gasteiger partial charge in [0, 0.05) is 124 Å². The number of aryl methyl sites for hydroxylation is 1. The van der Waals surface area contributed by atoms with Crippen molar-refractivity contribution in [3.05, 3.63) is 94.8 Å². The van der Waals surface area contributed by atoms with E-state index in [1.807, 2.05) is 60.2 Å². The highest BCUT2D eigenvalue weighted by atomic mass is 32.2. The van der Waals surface area contributed by atoms with E-state index in [1.54, 1.807) is 23.2 Å². The molecule has 17 nitrogen and oxygen atoms in total. The number of benzene rings is 1. The lowest BCUT2D eigenvalue weighted by Gasteiger charge is -2.37. The number of amides is 3. The number of nitrogens with one attached hydrogen (secondary N) is 4. The van der Waals surface area contributed by atoms with Gasteiger partial charge in [-0.2, -0.15) is 10.2 Å². The topological polar surface area (TPSA) is 185 Å². The van der Waals surface area contributed by atoms with E-state index < -0.39 is 28.9 Å². The van der Waals surface area contributed by atoms with E-state index in [1.165, 1.54) is 24.5 Å². The number of hydrazone groups is 1. The van der Waals surface area contributed by atoms with Gasteiger partial charge in [0.15, 0.2) is 5.83 Å². The maximum Gasteiger partial charge on any atom is 0.236 e. The van der Waals surface area contributed by atoms with Crippen LogP contribution in [0.5, 0.6) is 0 Å². The van der Waals surface area contributed by atoms with E-state index >= 15 is 8.78 Å². The number of nitrogens with zero attached hydrogens (tertiary/aromatic N) is 9. The zero-order chi connectivity index (χ0) is 46.9. The fourth-order valence-corrected chi connectivity index (χ4v) is 8.97. The summed E-state index contributed by atoms with van der Waals surface area (Å²) < 4.78 is 37.2. The number of ketones is 1. The van der Waals surface area contributed by atoms with Crippen LogP contribution in [-0.4, -0.2) is 130 Å². The molecule has 1 aliphatic carbocycles. The number of hydrogen-bond acceptors (Lipinski definition) is 15. The molecule has 2 aromatic heterocycles. The van der Waals surface area contributed by atoms with Crippen molar-refractivity contribution in [2.24, 2.45) is 12.1 Å². The van der Waals surface area contributed by atoms with Gasteiger partial charge in [0.05, 0.1) is 41.2 Å². The Morgan fingerprint density at radius 3 is 2.50 bits per heavy atom. The van der Waals surface area contributed by atoms with Gasteiger partial charge in [-0.3, -0.25) is 39.5 Å². The van der Waals surface area contributed by atoms with Crippen LogP contribution in [-0.2, 0) is 26.2 Å². The van der Waals surface area contributed by atoms with Crippen LogP contribution in [0.2, 0.25) is 0 Å². The Hall–Kier alpha value is -6.25. The van der Waals surface area contributed by atoms with Crippen molar-refractivity contribution < 1.29 is 28.0 Å². The molecule has 4 aliphatic rings. The number of fused-ring (bicyclic) bond motifs is 1. The Kier molecular flexibility index (Phi) is 15.8. The number of anilines is 2. The van der Waals surface area contributed by atoms with Gasteiger partial charge in [-0.15, -0.1) is 0 Å². The molecule has 2 saturated heterocycles. The number of halogens is 2. The van der Waals surface area contributed by atoms with Gasteiger partial charge >= 0.3 is 0 Å². The lowest BCUT2D eigenvalue weighted by molar-refractivity contribution is -0.133. The fraction of sp³-hybridized carbons (Fsp3) is 0.435. The number of likely N-dealkylation sites (tertiary alicyclic amines) is 1. The molecule has 3 amide bonds. The average molecular weight is 926 g/mol. The highest BCUT2D eigenvalue weighted by molar-refractivity contribution is 7.95. The number of allylic oxidation sites excluding steroid dienone is 8. The number of Topliss-reactive ketones (excluding diaryl/α,β-unsaturated/α-hetero) is 1. The summed E-state index contributed by atoms with van der Waals surface area (Å²) in [5.41, 5.74) is 6.03. The largest absolute Gasteiger partial charge is 0.382 e. The Bertz CT molecular complexity index is 2490. The minimum absolute atomic E-state index is 0.0365. The Labute approximate surface area is 387 Å². The zero-order valence-electron chi connectivity index (χ0n) is 37.8. The molecule has 7 rings (SSSR count). The molecule has 1 atom stereocenters. The third-order valence-electron chi connectivity index (χ3n) is 12.3. The second-order valence-electron chi connectivity index (χ2n) is 16.7. The molecule has 0 saturated carbocycles. The molecule has 350 valence electrons. The first-order valence-corrected chi connectivity index (χ1v) is 23.1. The number of rotatable bonds is 17. The van der Waals surface area contributed by atoms with E-state index in [2.05, 4.69) is 52.4 Å². The van der Waals surface area contributed by atoms with E-state index in [9.17, 15) is 19.2 Å². The van der Waals surface area contributed by atoms with Crippen LogP contribution < -0.4 is 25.7 Å². The molecule has 0 radical (unpaired) electrons. The molecule has 1 unspecified atom stereocenters. The second kappa shape index (κ2) is 21.8. The van der Waals surface area contributed by atoms with E-state index in [-0.39, 0.29) is 47.5 Å². The van der Waals surface area contributed by atoms with Gasteiger partial charge < -0.3 is 19.8 Å². The number of aromatic nitrogens is 4. The summed E-state index contributed by atoms with van der Waals surface area (Å²) in [6, 6.07) is 6.27. The molecule has 3 aromatic rings. The van der Waals surface area contributed by atoms with Gasteiger partial charge in [-0.25, -0.2) is 23.1 Å². The van der Waals surface area contributed by atoms with Crippen LogP contribution in [0.3, 0.4) is 0 Å². The highest BCUT2D eigenvalue weighted by Gasteiger charge is 2.32. The van der Waals surface area contributed by atoms with Gasteiger partial charge in [0.25, 0.3) is 0 Å². The molecule has 5 heterocycles.